The number of hydrogen-bond donors (Lipinski definition) is 0. The van der Waals surface area contributed by atoms with Crippen molar-refractivity contribution in [3.63, 3.8) is 0 Å². The summed E-state index contributed by atoms with van der Waals surface area (Å²) < 4.78 is 0. The van der Waals surface area contributed by atoms with E-state index in [0.29, 0.717) is 0 Å². The second-order valence-electron chi connectivity index (χ2n) is 3.51. The van der Waals surface area contributed by atoms with Gasteiger partial charge in [-0.05, 0) is 24.6 Å². The molecule has 1 aromatic carbocycles. The molecule has 0 unspecified atom stereocenters. The van der Waals surface area contributed by atoms with E-state index in [1.54, 1.807) is 0 Å². The summed E-state index contributed by atoms with van der Waals surface area (Å²) in [6, 6.07) is 8.55. The highest BCUT2D eigenvalue weighted by Gasteiger charge is 2.09. The maximum absolute atomic E-state index is 2.23. The predicted molar refractivity (Wildman–Crippen MR) is 55.4 cm³/mol. The van der Waals surface area contributed by atoms with Gasteiger partial charge in [0.05, 0.1) is 6.67 Å². The van der Waals surface area contributed by atoms with E-state index in [1.165, 1.54) is 11.3 Å². The SMILES string of the molecule is Cc1cccc(N2C=CN(C)C2)c1. The summed E-state index contributed by atoms with van der Waals surface area (Å²) in [5.74, 6) is 0. The van der Waals surface area contributed by atoms with E-state index >= 15 is 0 Å². The van der Waals surface area contributed by atoms with Gasteiger partial charge in [0.15, 0.2) is 0 Å². The number of nitrogens with zero attached hydrogens (tertiary/aromatic N) is 2. The van der Waals surface area contributed by atoms with Gasteiger partial charge in [-0.3, -0.25) is 0 Å². The van der Waals surface area contributed by atoms with Crippen molar-refractivity contribution in [1.82, 2.24) is 4.90 Å². The molecule has 1 aromatic rings. The molecule has 1 aliphatic rings. The highest BCUT2D eigenvalue weighted by Crippen LogP contribution is 2.19. The molecule has 0 aromatic heterocycles. The lowest BCUT2D eigenvalue weighted by molar-refractivity contribution is 0.495. The fourth-order valence-electron chi connectivity index (χ4n) is 1.50. The normalized spacial score (nSPS) is 15.5. The Morgan fingerprint density at radius 3 is 2.69 bits per heavy atom. The third-order valence-electron chi connectivity index (χ3n) is 2.21. The fourth-order valence-corrected chi connectivity index (χ4v) is 1.50. The zero-order valence-corrected chi connectivity index (χ0v) is 8.07. The smallest absolute Gasteiger partial charge is 0.0938 e. The standard InChI is InChI=1S/C11H14N2/c1-10-4-3-5-11(8-10)13-7-6-12(2)9-13/h3-8H,9H2,1-2H3. The second kappa shape index (κ2) is 3.13. The number of aryl methyl sites for hydroxylation is 1. The Balaban J connectivity index is 2.22. The average molecular weight is 174 g/mol. The number of hydrogen-bond acceptors (Lipinski definition) is 2. The molecule has 0 saturated carbocycles. The molecule has 1 heterocycles. The molecule has 0 amide bonds. The highest BCUT2D eigenvalue weighted by molar-refractivity contribution is 5.51. The van der Waals surface area contributed by atoms with Gasteiger partial charge in [0.2, 0.25) is 0 Å². The summed E-state index contributed by atoms with van der Waals surface area (Å²) in [7, 11) is 2.08. The van der Waals surface area contributed by atoms with Crippen LogP contribution in [-0.2, 0) is 0 Å². The highest BCUT2D eigenvalue weighted by atomic mass is 15.3. The minimum absolute atomic E-state index is 0.948. The Kier molecular flexibility index (Phi) is 1.97. The summed E-state index contributed by atoms with van der Waals surface area (Å²) in [6.07, 6.45) is 4.19. The molecule has 0 radical (unpaired) electrons. The predicted octanol–water partition coefficient (Wildman–Crippen LogP) is 2.18. The van der Waals surface area contributed by atoms with Gasteiger partial charge in [-0.15, -0.1) is 0 Å². The van der Waals surface area contributed by atoms with Crippen molar-refractivity contribution in [1.29, 1.82) is 0 Å². The summed E-state index contributed by atoms with van der Waals surface area (Å²) in [4.78, 5) is 4.38. The van der Waals surface area contributed by atoms with Gasteiger partial charge in [-0.1, -0.05) is 12.1 Å². The van der Waals surface area contributed by atoms with E-state index in [2.05, 4.69) is 60.4 Å². The maximum atomic E-state index is 2.23. The molecule has 0 spiro atoms. The van der Waals surface area contributed by atoms with Crippen LogP contribution in [0.3, 0.4) is 0 Å². The molecule has 0 N–H and O–H groups in total. The van der Waals surface area contributed by atoms with Crippen LogP contribution < -0.4 is 4.90 Å². The van der Waals surface area contributed by atoms with Gasteiger partial charge in [0.25, 0.3) is 0 Å². The summed E-state index contributed by atoms with van der Waals surface area (Å²) in [5.41, 5.74) is 2.57. The third kappa shape index (κ3) is 1.66. The Bertz CT molecular complexity index is 331. The topological polar surface area (TPSA) is 6.48 Å². The first-order chi connectivity index (χ1) is 6.25. The third-order valence-corrected chi connectivity index (χ3v) is 2.21. The molecule has 0 saturated heterocycles. The molecule has 2 nitrogen and oxygen atoms in total. The van der Waals surface area contributed by atoms with Crippen molar-refractivity contribution in [2.75, 3.05) is 18.6 Å². The molecule has 0 atom stereocenters. The van der Waals surface area contributed by atoms with Crippen molar-refractivity contribution >= 4 is 5.69 Å². The van der Waals surface area contributed by atoms with Crippen LogP contribution >= 0.6 is 0 Å². The van der Waals surface area contributed by atoms with E-state index in [1.807, 2.05) is 0 Å². The Morgan fingerprint density at radius 1 is 1.23 bits per heavy atom. The summed E-state index contributed by atoms with van der Waals surface area (Å²) in [5, 5.41) is 0. The zero-order chi connectivity index (χ0) is 9.26. The van der Waals surface area contributed by atoms with Gasteiger partial charge in [0, 0.05) is 25.1 Å². The minimum atomic E-state index is 0.948. The van der Waals surface area contributed by atoms with Gasteiger partial charge < -0.3 is 9.80 Å². The summed E-state index contributed by atoms with van der Waals surface area (Å²) in [6.45, 7) is 3.07. The molecule has 2 rings (SSSR count). The van der Waals surface area contributed by atoms with Crippen LogP contribution in [0.4, 0.5) is 5.69 Å². The molecule has 2 heteroatoms. The van der Waals surface area contributed by atoms with Crippen molar-refractivity contribution in [2.45, 2.75) is 6.92 Å². The van der Waals surface area contributed by atoms with Crippen LogP contribution in [-0.4, -0.2) is 18.6 Å². The Hall–Kier alpha value is -1.44. The van der Waals surface area contributed by atoms with Gasteiger partial charge in [-0.2, -0.15) is 0 Å². The molecule has 13 heavy (non-hydrogen) atoms. The van der Waals surface area contributed by atoms with Crippen LogP contribution in [0.5, 0.6) is 0 Å². The average Bonchev–Trinajstić information content (AvgIpc) is 2.52. The fraction of sp³-hybridized carbons (Fsp3) is 0.273. The van der Waals surface area contributed by atoms with Crippen molar-refractivity contribution in [3.8, 4) is 0 Å². The van der Waals surface area contributed by atoms with E-state index in [0.717, 1.165) is 6.67 Å². The largest absolute Gasteiger partial charge is 0.361 e. The second-order valence-corrected chi connectivity index (χ2v) is 3.51. The zero-order valence-electron chi connectivity index (χ0n) is 8.07. The minimum Gasteiger partial charge on any atom is -0.361 e. The van der Waals surface area contributed by atoms with Gasteiger partial charge >= 0.3 is 0 Å². The number of benzene rings is 1. The molecule has 0 fully saturated rings. The number of rotatable bonds is 1. The molecule has 0 aliphatic carbocycles. The first-order valence-corrected chi connectivity index (χ1v) is 4.47. The van der Waals surface area contributed by atoms with Crippen LogP contribution in [0.2, 0.25) is 0 Å². The van der Waals surface area contributed by atoms with Crippen molar-refractivity contribution < 1.29 is 0 Å². The lowest BCUT2D eigenvalue weighted by atomic mass is 10.2. The van der Waals surface area contributed by atoms with Crippen LogP contribution in [0.25, 0.3) is 0 Å². The van der Waals surface area contributed by atoms with E-state index in [4.69, 9.17) is 0 Å². The van der Waals surface area contributed by atoms with Crippen molar-refractivity contribution in [3.05, 3.63) is 42.2 Å². The molecule has 1 aliphatic heterocycles. The number of anilines is 1. The van der Waals surface area contributed by atoms with Crippen LogP contribution in [0, 0.1) is 6.92 Å². The molecular formula is C11H14N2. The quantitative estimate of drug-likeness (QED) is 0.644. The molecule has 68 valence electrons. The lowest BCUT2D eigenvalue weighted by Gasteiger charge is -2.18. The molecule has 0 bridgehead atoms. The summed E-state index contributed by atoms with van der Waals surface area (Å²) >= 11 is 0. The van der Waals surface area contributed by atoms with Crippen LogP contribution in [0.1, 0.15) is 5.56 Å². The van der Waals surface area contributed by atoms with Gasteiger partial charge in [0.1, 0.15) is 0 Å². The van der Waals surface area contributed by atoms with Gasteiger partial charge in [-0.25, -0.2) is 0 Å². The maximum Gasteiger partial charge on any atom is 0.0938 e. The first kappa shape index (κ1) is 8.17. The monoisotopic (exact) mass is 174 g/mol. The lowest BCUT2D eigenvalue weighted by Crippen LogP contribution is -2.21. The van der Waals surface area contributed by atoms with E-state index in [-0.39, 0.29) is 0 Å². The Labute approximate surface area is 79.1 Å². The van der Waals surface area contributed by atoms with E-state index in [9.17, 15) is 0 Å². The van der Waals surface area contributed by atoms with E-state index < -0.39 is 0 Å². The van der Waals surface area contributed by atoms with Crippen molar-refractivity contribution in [2.24, 2.45) is 0 Å². The molecular weight excluding hydrogens is 160 g/mol. The Morgan fingerprint density at radius 2 is 2.08 bits per heavy atom. The van der Waals surface area contributed by atoms with Crippen LogP contribution in [0.15, 0.2) is 36.7 Å². The first-order valence-electron chi connectivity index (χ1n) is 4.47.